The monoisotopic (exact) mass is 359 g/mol. The van der Waals surface area contributed by atoms with Gasteiger partial charge in [0, 0.05) is 11.7 Å². The second-order valence-electron chi connectivity index (χ2n) is 4.05. The topological polar surface area (TPSA) is 86.6 Å². The quantitative estimate of drug-likeness (QED) is 0.226. The minimum absolute atomic E-state index is 0. The summed E-state index contributed by atoms with van der Waals surface area (Å²) in [6.07, 6.45) is 3.67. The molecule has 0 aliphatic rings. The maximum absolute atomic E-state index is 11.4. The maximum atomic E-state index is 11.4. The van der Waals surface area contributed by atoms with Gasteiger partial charge in [0.25, 0.3) is 0 Å². The second kappa shape index (κ2) is 13.2. The van der Waals surface area contributed by atoms with Crippen LogP contribution in [0, 0.1) is 0 Å². The molecule has 1 amide bonds. The van der Waals surface area contributed by atoms with Gasteiger partial charge in [0.1, 0.15) is 6.04 Å². The third kappa shape index (κ3) is 11.7. The molecule has 0 saturated carbocycles. The van der Waals surface area contributed by atoms with Crippen molar-refractivity contribution < 1.29 is 39.3 Å². The van der Waals surface area contributed by atoms with Crippen LogP contribution in [0.2, 0.25) is 0 Å². The molecule has 2 atom stereocenters. The van der Waals surface area contributed by atoms with Crippen LogP contribution in [0.5, 0.6) is 0 Å². The van der Waals surface area contributed by atoms with Gasteiger partial charge in [-0.05, 0) is 25.0 Å². The van der Waals surface area contributed by atoms with Crippen LogP contribution in [-0.2, 0) is 29.1 Å². The summed E-state index contributed by atoms with van der Waals surface area (Å²) in [7, 11) is 0. The molecule has 0 spiro atoms. The zero-order chi connectivity index (χ0) is 14.0. The molecule has 0 radical (unpaired) electrons. The van der Waals surface area contributed by atoms with E-state index in [0.29, 0.717) is 11.7 Å². The number of aliphatic hydroxyl groups excluding tert-OH is 1. The average Bonchev–Trinajstić information content (AvgIpc) is 2.31. The van der Waals surface area contributed by atoms with Crippen LogP contribution < -0.4 is 5.32 Å². The van der Waals surface area contributed by atoms with Gasteiger partial charge in [-0.1, -0.05) is 6.42 Å². The van der Waals surface area contributed by atoms with Gasteiger partial charge >= 0.3 is 25.4 Å². The summed E-state index contributed by atoms with van der Waals surface area (Å²) in [6, 6.07) is -1.21. The van der Waals surface area contributed by atoms with Crippen LogP contribution in [0.4, 0.5) is 0 Å². The van der Waals surface area contributed by atoms with Crippen molar-refractivity contribution in [3.63, 3.8) is 0 Å². The van der Waals surface area contributed by atoms with Gasteiger partial charge in [-0.15, -0.1) is 0 Å². The molecule has 0 saturated heterocycles. The molecule has 0 heterocycles. The molecule has 5 nitrogen and oxygen atoms in total. The van der Waals surface area contributed by atoms with Crippen molar-refractivity contribution in [2.75, 3.05) is 12.4 Å². The largest absolute Gasteiger partial charge is 2.00 e. The smallest absolute Gasteiger partial charge is 0.480 e. The van der Waals surface area contributed by atoms with E-state index in [1.54, 1.807) is 0 Å². The number of carbonyl (C=O) groups excluding carboxylic acids is 1. The van der Waals surface area contributed by atoms with E-state index in [9.17, 15) is 9.59 Å². The van der Waals surface area contributed by atoms with E-state index in [1.807, 2.05) is 0 Å². The van der Waals surface area contributed by atoms with Gasteiger partial charge in [0.2, 0.25) is 5.91 Å². The maximum Gasteiger partial charge on any atom is 2.00 e. The molecule has 0 fully saturated rings. The number of aliphatic carboxylic acids is 1. The number of hydrogen-bond donors (Lipinski definition) is 5. The molecule has 0 aromatic heterocycles. The van der Waals surface area contributed by atoms with E-state index in [4.69, 9.17) is 10.2 Å². The van der Waals surface area contributed by atoms with E-state index in [2.05, 4.69) is 30.6 Å². The van der Waals surface area contributed by atoms with E-state index in [0.717, 1.165) is 25.0 Å². The van der Waals surface area contributed by atoms with Crippen molar-refractivity contribution in [3.8, 4) is 0 Å². The van der Waals surface area contributed by atoms with Crippen LogP contribution in [0.25, 0.3) is 0 Å². The van der Waals surface area contributed by atoms with Crippen molar-refractivity contribution >= 4 is 37.1 Å². The van der Waals surface area contributed by atoms with Gasteiger partial charge in [-0.3, -0.25) is 4.79 Å². The minimum atomic E-state index is -1.23. The SMILES string of the molecule is O=C(CCCCC(S)CCS)N[C@@H](CO)C(=O)O.[Zn+2]. The van der Waals surface area contributed by atoms with E-state index < -0.39 is 18.6 Å². The number of carboxylic acids is 1. The predicted octanol–water partition coefficient (Wildman–Crippen LogP) is 0.724. The van der Waals surface area contributed by atoms with Crippen LogP contribution in [0.1, 0.15) is 32.1 Å². The summed E-state index contributed by atoms with van der Waals surface area (Å²) >= 11 is 8.48. The number of nitrogens with one attached hydrogen (secondary N) is 1. The molecule has 0 rings (SSSR count). The van der Waals surface area contributed by atoms with Gasteiger partial charge in [-0.25, -0.2) is 4.79 Å². The van der Waals surface area contributed by atoms with Gasteiger partial charge in [0.15, 0.2) is 0 Å². The number of hydrogen-bond acceptors (Lipinski definition) is 5. The molecule has 3 N–H and O–H groups in total. The number of carbonyl (C=O) groups is 2. The summed E-state index contributed by atoms with van der Waals surface area (Å²) in [4.78, 5) is 21.9. The van der Waals surface area contributed by atoms with Gasteiger partial charge in [0.05, 0.1) is 6.61 Å². The first-order valence-electron chi connectivity index (χ1n) is 5.93. The minimum Gasteiger partial charge on any atom is -0.480 e. The van der Waals surface area contributed by atoms with Crippen LogP contribution in [0.3, 0.4) is 0 Å². The van der Waals surface area contributed by atoms with Crippen molar-refractivity contribution in [1.29, 1.82) is 0 Å². The van der Waals surface area contributed by atoms with Crippen LogP contribution in [0.15, 0.2) is 0 Å². The van der Waals surface area contributed by atoms with Crippen molar-refractivity contribution in [3.05, 3.63) is 0 Å². The number of unbranched alkanes of at least 4 members (excludes halogenated alkanes) is 1. The summed E-state index contributed by atoms with van der Waals surface area (Å²) in [6.45, 7) is -0.596. The first kappa shape index (κ1) is 21.5. The zero-order valence-electron chi connectivity index (χ0n) is 10.9. The third-order valence-electron chi connectivity index (χ3n) is 2.47. The second-order valence-corrected chi connectivity index (χ2v) is 5.23. The number of amides is 1. The number of aliphatic hydroxyl groups is 1. The molecule has 0 bridgehead atoms. The first-order chi connectivity index (χ1) is 8.51. The number of rotatable bonds is 10. The molecular formula is C11H21NO4S2Zn+2. The Balaban J connectivity index is 0. The predicted molar refractivity (Wildman–Crippen MR) is 76.4 cm³/mol. The number of thiol groups is 2. The molecule has 19 heavy (non-hydrogen) atoms. The van der Waals surface area contributed by atoms with Crippen molar-refractivity contribution in [1.82, 2.24) is 5.32 Å². The summed E-state index contributed by atoms with van der Waals surface area (Å²) in [5, 5.41) is 19.9. The Morgan fingerprint density at radius 3 is 2.32 bits per heavy atom. The fourth-order valence-corrected chi connectivity index (χ4v) is 2.24. The Kier molecular flexibility index (Phi) is 15.0. The first-order valence-corrected chi connectivity index (χ1v) is 7.08. The molecule has 0 aromatic rings. The third-order valence-corrected chi connectivity index (χ3v) is 3.24. The Morgan fingerprint density at radius 2 is 1.84 bits per heavy atom. The van der Waals surface area contributed by atoms with Crippen molar-refractivity contribution in [2.45, 2.75) is 43.4 Å². The number of carboxylic acid groups (broad SMARTS) is 1. The Hall–Kier alpha value is 0.223. The molecule has 0 aliphatic heterocycles. The standard InChI is InChI=1S/C11H21NO4S2.Zn/c13-7-9(11(15)16)12-10(14)4-2-1-3-8(18)5-6-17;/h8-9,13,17-18H,1-7H2,(H,12,14)(H,15,16);/q;+2/t8?,9-;/m0./s1. The summed E-state index contributed by atoms with van der Waals surface area (Å²) in [5.74, 6) is -0.776. The molecule has 1 unspecified atom stereocenters. The Bertz CT molecular complexity index is 269. The molecule has 0 aliphatic carbocycles. The fraction of sp³-hybridized carbons (Fsp3) is 0.818. The summed E-state index contributed by atoms with van der Waals surface area (Å²) < 4.78 is 0. The molecular weight excluding hydrogens is 340 g/mol. The van der Waals surface area contributed by atoms with E-state index in [-0.39, 0.29) is 31.8 Å². The molecule has 106 valence electrons. The Labute approximate surface area is 137 Å². The summed E-state index contributed by atoms with van der Waals surface area (Å²) in [5.41, 5.74) is 0. The normalized spacial score (nSPS) is 13.2. The van der Waals surface area contributed by atoms with E-state index in [1.165, 1.54) is 0 Å². The van der Waals surface area contributed by atoms with Crippen LogP contribution >= 0.6 is 25.3 Å². The molecule has 8 heteroatoms. The van der Waals surface area contributed by atoms with Crippen molar-refractivity contribution in [2.24, 2.45) is 0 Å². The fourth-order valence-electron chi connectivity index (χ4n) is 1.41. The van der Waals surface area contributed by atoms with Crippen LogP contribution in [-0.4, -0.2) is 45.7 Å². The van der Waals surface area contributed by atoms with Gasteiger partial charge in [-0.2, -0.15) is 25.3 Å². The van der Waals surface area contributed by atoms with E-state index >= 15 is 0 Å². The molecule has 0 aromatic carbocycles. The average molecular weight is 361 g/mol. The zero-order valence-corrected chi connectivity index (χ0v) is 15.7. The van der Waals surface area contributed by atoms with Gasteiger partial charge < -0.3 is 15.5 Å². The Morgan fingerprint density at radius 1 is 1.21 bits per heavy atom.